The van der Waals surface area contributed by atoms with Gasteiger partial charge in [0.2, 0.25) is 0 Å². The van der Waals surface area contributed by atoms with Gasteiger partial charge in [-0.2, -0.15) is 5.10 Å². The first kappa shape index (κ1) is 10.2. The lowest BCUT2D eigenvalue weighted by molar-refractivity contribution is 0.191. The zero-order valence-corrected chi connectivity index (χ0v) is 8.20. The van der Waals surface area contributed by atoms with Gasteiger partial charge < -0.3 is 10.4 Å². The molecule has 13 heavy (non-hydrogen) atoms. The fraction of sp³-hybridized carbons (Fsp3) is 0.667. The molecule has 0 saturated carbocycles. The molecule has 0 aromatic carbocycles. The molecule has 1 heterocycles. The quantitative estimate of drug-likeness (QED) is 0.628. The summed E-state index contributed by atoms with van der Waals surface area (Å²) in [5, 5.41) is 16.2. The van der Waals surface area contributed by atoms with Crippen LogP contribution >= 0.6 is 0 Å². The van der Waals surface area contributed by atoms with Crippen molar-refractivity contribution in [3.8, 4) is 0 Å². The van der Waals surface area contributed by atoms with Crippen molar-refractivity contribution < 1.29 is 5.11 Å². The van der Waals surface area contributed by atoms with E-state index in [4.69, 9.17) is 5.11 Å². The molecule has 0 bridgehead atoms. The number of hydrogen-bond donors (Lipinski definition) is 2. The van der Waals surface area contributed by atoms with Gasteiger partial charge in [0.15, 0.2) is 0 Å². The molecule has 1 aromatic heterocycles. The maximum atomic E-state index is 8.97. The second kappa shape index (κ2) is 4.99. The largest absolute Gasteiger partial charge is 0.392 e. The predicted octanol–water partition coefficient (Wildman–Crippen LogP) is -0.0670. The van der Waals surface area contributed by atoms with Gasteiger partial charge in [-0.3, -0.25) is 4.68 Å². The summed E-state index contributed by atoms with van der Waals surface area (Å²) in [4.78, 5) is 0. The summed E-state index contributed by atoms with van der Waals surface area (Å²) in [6.07, 6.45) is 4.56. The molecule has 0 aliphatic carbocycles. The molecule has 4 nitrogen and oxygen atoms in total. The predicted molar refractivity (Wildman–Crippen MR) is 51.5 cm³/mol. The van der Waals surface area contributed by atoms with Gasteiger partial charge in [-0.15, -0.1) is 0 Å². The molecule has 4 heteroatoms. The molecule has 0 aliphatic heterocycles. The van der Waals surface area contributed by atoms with Crippen LogP contribution in [0, 0.1) is 0 Å². The third kappa shape index (κ3) is 4.05. The molecule has 1 aromatic rings. The van der Waals surface area contributed by atoms with Crippen LogP contribution in [0.4, 0.5) is 0 Å². The van der Waals surface area contributed by atoms with Gasteiger partial charge in [0, 0.05) is 19.8 Å². The summed E-state index contributed by atoms with van der Waals surface area (Å²) in [5.41, 5.74) is 1.22. The molecule has 0 fully saturated rings. The van der Waals surface area contributed by atoms with Crippen molar-refractivity contribution in [2.75, 3.05) is 13.1 Å². The number of nitrogens with one attached hydrogen (secondary N) is 1. The van der Waals surface area contributed by atoms with E-state index in [9.17, 15) is 0 Å². The summed E-state index contributed by atoms with van der Waals surface area (Å²) < 4.78 is 1.80. The molecule has 0 aliphatic rings. The molecule has 0 unspecified atom stereocenters. The van der Waals surface area contributed by atoms with E-state index in [1.807, 2.05) is 19.4 Å². The first-order valence-electron chi connectivity index (χ1n) is 4.55. The van der Waals surface area contributed by atoms with Gasteiger partial charge in [0.25, 0.3) is 0 Å². The Kier molecular flexibility index (Phi) is 3.92. The molecular formula is C9H17N3O. The van der Waals surface area contributed by atoms with Crippen molar-refractivity contribution in [1.29, 1.82) is 0 Å². The van der Waals surface area contributed by atoms with Crippen LogP contribution in [0.2, 0.25) is 0 Å². The van der Waals surface area contributed by atoms with E-state index in [0.717, 1.165) is 13.0 Å². The maximum Gasteiger partial charge on any atom is 0.0636 e. The van der Waals surface area contributed by atoms with Crippen LogP contribution in [0.5, 0.6) is 0 Å². The molecule has 74 valence electrons. The lowest BCUT2D eigenvalue weighted by atomic mass is 10.2. The van der Waals surface area contributed by atoms with E-state index >= 15 is 0 Å². The van der Waals surface area contributed by atoms with E-state index in [2.05, 4.69) is 10.4 Å². The Morgan fingerprint density at radius 1 is 1.69 bits per heavy atom. The van der Waals surface area contributed by atoms with Gasteiger partial charge >= 0.3 is 0 Å². The minimum atomic E-state index is -0.270. The summed E-state index contributed by atoms with van der Waals surface area (Å²) in [6, 6.07) is 0. The van der Waals surface area contributed by atoms with Crippen LogP contribution in [0.25, 0.3) is 0 Å². The molecule has 2 N–H and O–H groups in total. The van der Waals surface area contributed by atoms with Crippen molar-refractivity contribution in [1.82, 2.24) is 15.1 Å². The van der Waals surface area contributed by atoms with Crippen molar-refractivity contribution >= 4 is 0 Å². The number of hydrogen-bond acceptors (Lipinski definition) is 3. The number of aryl methyl sites for hydroxylation is 1. The molecule has 1 rings (SSSR count). The summed E-state index contributed by atoms with van der Waals surface area (Å²) in [7, 11) is 1.91. The summed E-state index contributed by atoms with van der Waals surface area (Å²) in [6.45, 7) is 3.31. The van der Waals surface area contributed by atoms with Crippen molar-refractivity contribution in [3.63, 3.8) is 0 Å². The summed E-state index contributed by atoms with van der Waals surface area (Å²) in [5.74, 6) is 0. The van der Waals surface area contributed by atoms with Gasteiger partial charge in [-0.05, 0) is 25.5 Å². The normalized spacial score (nSPS) is 13.2. The van der Waals surface area contributed by atoms with Crippen LogP contribution < -0.4 is 5.32 Å². The second-order valence-electron chi connectivity index (χ2n) is 3.33. The molecule has 0 amide bonds. The lowest BCUT2D eigenvalue weighted by Crippen LogP contribution is -2.26. The van der Waals surface area contributed by atoms with E-state index in [-0.39, 0.29) is 6.10 Å². The van der Waals surface area contributed by atoms with Gasteiger partial charge in [0.1, 0.15) is 0 Å². The Morgan fingerprint density at radius 2 is 2.46 bits per heavy atom. The van der Waals surface area contributed by atoms with Gasteiger partial charge in [-0.1, -0.05) is 0 Å². The smallest absolute Gasteiger partial charge is 0.0636 e. The number of nitrogens with zero attached hydrogens (tertiary/aromatic N) is 2. The average Bonchev–Trinajstić information content (AvgIpc) is 2.45. The third-order valence-corrected chi connectivity index (χ3v) is 1.79. The molecule has 1 atom stereocenters. The Labute approximate surface area is 78.6 Å². The Balaban J connectivity index is 2.13. The topological polar surface area (TPSA) is 50.1 Å². The fourth-order valence-electron chi connectivity index (χ4n) is 1.14. The zero-order valence-electron chi connectivity index (χ0n) is 8.20. The number of aliphatic hydroxyl groups is 1. The van der Waals surface area contributed by atoms with Gasteiger partial charge in [-0.25, -0.2) is 0 Å². The third-order valence-electron chi connectivity index (χ3n) is 1.79. The van der Waals surface area contributed by atoms with Crippen molar-refractivity contribution in [2.24, 2.45) is 7.05 Å². The van der Waals surface area contributed by atoms with E-state index in [1.54, 1.807) is 11.6 Å². The highest BCUT2D eigenvalue weighted by Gasteiger charge is 1.97. The minimum Gasteiger partial charge on any atom is -0.392 e. The van der Waals surface area contributed by atoms with Crippen LogP contribution in [0.1, 0.15) is 12.5 Å². The number of aromatic nitrogens is 2. The van der Waals surface area contributed by atoms with Gasteiger partial charge in [0.05, 0.1) is 12.3 Å². The lowest BCUT2D eigenvalue weighted by Gasteiger charge is -2.04. The highest BCUT2D eigenvalue weighted by molar-refractivity contribution is 5.03. The first-order chi connectivity index (χ1) is 6.18. The van der Waals surface area contributed by atoms with Crippen molar-refractivity contribution in [2.45, 2.75) is 19.4 Å². The molecule has 0 saturated heterocycles. The van der Waals surface area contributed by atoms with Crippen LogP contribution in [0.15, 0.2) is 12.4 Å². The SMILES string of the molecule is C[C@H](O)CNCCc1cnn(C)c1. The number of rotatable bonds is 5. The number of aliphatic hydroxyl groups excluding tert-OH is 1. The molecule has 0 spiro atoms. The first-order valence-corrected chi connectivity index (χ1v) is 4.55. The fourth-order valence-corrected chi connectivity index (χ4v) is 1.14. The molecular weight excluding hydrogens is 166 g/mol. The standard InChI is InChI=1S/C9H17N3O/c1-8(13)5-10-4-3-9-6-11-12(2)7-9/h6-8,10,13H,3-5H2,1-2H3/t8-/m0/s1. The highest BCUT2D eigenvalue weighted by Crippen LogP contribution is 1.95. The van der Waals surface area contributed by atoms with E-state index in [0.29, 0.717) is 6.54 Å². The van der Waals surface area contributed by atoms with Crippen molar-refractivity contribution in [3.05, 3.63) is 18.0 Å². The Hall–Kier alpha value is -0.870. The van der Waals surface area contributed by atoms with E-state index in [1.165, 1.54) is 5.56 Å². The molecule has 0 radical (unpaired) electrons. The monoisotopic (exact) mass is 183 g/mol. The summed E-state index contributed by atoms with van der Waals surface area (Å²) >= 11 is 0. The van der Waals surface area contributed by atoms with Crippen LogP contribution in [-0.2, 0) is 13.5 Å². The highest BCUT2D eigenvalue weighted by atomic mass is 16.3. The average molecular weight is 183 g/mol. The second-order valence-corrected chi connectivity index (χ2v) is 3.33. The Bertz CT molecular complexity index is 245. The minimum absolute atomic E-state index is 0.270. The maximum absolute atomic E-state index is 8.97. The Morgan fingerprint density at radius 3 is 3.00 bits per heavy atom. The zero-order chi connectivity index (χ0) is 9.68. The van der Waals surface area contributed by atoms with Crippen LogP contribution in [0.3, 0.4) is 0 Å². The van der Waals surface area contributed by atoms with Crippen LogP contribution in [-0.4, -0.2) is 34.1 Å². The van der Waals surface area contributed by atoms with E-state index < -0.39 is 0 Å².